The minimum absolute atomic E-state index is 1.10. The topological polar surface area (TPSA) is 3.24 Å². The number of rotatable bonds is 7. The Kier molecular flexibility index (Phi) is 9.11. The zero-order chi connectivity index (χ0) is 43.6. The number of hydrogen-bond donors (Lipinski definition) is 0. The van der Waals surface area contributed by atoms with Gasteiger partial charge >= 0.3 is 0 Å². The number of thiophene rings is 1. The van der Waals surface area contributed by atoms with Crippen LogP contribution in [0.3, 0.4) is 0 Å². The lowest BCUT2D eigenvalue weighted by molar-refractivity contribution is 1.29. The van der Waals surface area contributed by atoms with E-state index in [0.29, 0.717) is 0 Å². The van der Waals surface area contributed by atoms with E-state index in [1.807, 2.05) is 11.3 Å². The zero-order valence-electron chi connectivity index (χ0n) is 36.0. The molecule has 0 radical (unpaired) electrons. The van der Waals surface area contributed by atoms with Crippen LogP contribution in [-0.2, 0) is 0 Å². The third-order valence-corrected chi connectivity index (χ3v) is 14.6. The first-order chi connectivity index (χ1) is 32.7. The largest absolute Gasteiger partial charge is 0.310 e. The maximum atomic E-state index is 2.45. The van der Waals surface area contributed by atoms with Crippen molar-refractivity contribution >= 4 is 91.7 Å². The van der Waals surface area contributed by atoms with E-state index in [-0.39, 0.29) is 0 Å². The highest BCUT2D eigenvalue weighted by atomic mass is 32.1. The molecule has 13 rings (SSSR count). The summed E-state index contributed by atoms with van der Waals surface area (Å²) in [5, 5.41) is 12.6. The third kappa shape index (κ3) is 6.37. The van der Waals surface area contributed by atoms with E-state index in [1.54, 1.807) is 0 Å². The van der Waals surface area contributed by atoms with Gasteiger partial charge in [-0.3, -0.25) is 0 Å². The molecule has 0 aliphatic heterocycles. The number of para-hydroxylation sites is 1. The predicted molar refractivity (Wildman–Crippen MR) is 286 cm³/mol. The van der Waals surface area contributed by atoms with Crippen molar-refractivity contribution in [2.45, 2.75) is 0 Å². The molecule has 1 aromatic heterocycles. The van der Waals surface area contributed by atoms with Crippen LogP contribution in [0, 0.1) is 0 Å². The maximum absolute atomic E-state index is 2.45. The smallest absolute Gasteiger partial charge is 0.0540 e. The molecule has 0 atom stereocenters. The number of anilines is 3. The summed E-state index contributed by atoms with van der Waals surface area (Å²) < 4.78 is 2.59. The van der Waals surface area contributed by atoms with Gasteiger partial charge in [0.2, 0.25) is 0 Å². The molecule has 0 aliphatic carbocycles. The van der Waals surface area contributed by atoms with Crippen LogP contribution >= 0.6 is 11.3 Å². The second kappa shape index (κ2) is 15.7. The van der Waals surface area contributed by atoms with E-state index >= 15 is 0 Å². The van der Waals surface area contributed by atoms with Gasteiger partial charge < -0.3 is 4.90 Å². The van der Waals surface area contributed by atoms with Gasteiger partial charge in [0, 0.05) is 37.1 Å². The molecular formula is C64H41NS. The van der Waals surface area contributed by atoms with Crippen LogP contribution < -0.4 is 4.90 Å². The number of fused-ring (bicyclic) bond motifs is 9. The molecule has 0 spiro atoms. The van der Waals surface area contributed by atoms with Gasteiger partial charge in [-0.05, 0) is 137 Å². The molecule has 2 heteroatoms. The van der Waals surface area contributed by atoms with Crippen molar-refractivity contribution in [2.24, 2.45) is 0 Å². The van der Waals surface area contributed by atoms with Crippen molar-refractivity contribution < 1.29 is 0 Å². The summed E-state index contributed by atoms with van der Waals surface area (Å²) in [6.45, 7) is 0. The molecule has 12 aromatic carbocycles. The van der Waals surface area contributed by atoms with Crippen molar-refractivity contribution in [1.29, 1.82) is 0 Å². The van der Waals surface area contributed by atoms with Gasteiger partial charge in [-0.2, -0.15) is 0 Å². The lowest BCUT2D eigenvalue weighted by Gasteiger charge is -2.28. The molecule has 0 amide bonds. The fourth-order valence-electron chi connectivity index (χ4n) is 10.4. The van der Waals surface area contributed by atoms with Crippen LogP contribution in [0.2, 0.25) is 0 Å². The van der Waals surface area contributed by atoms with Crippen molar-refractivity contribution in [3.05, 3.63) is 249 Å². The summed E-state index contributed by atoms with van der Waals surface area (Å²) in [6, 6.07) is 91.7. The van der Waals surface area contributed by atoms with Crippen LogP contribution in [0.5, 0.6) is 0 Å². The Balaban J connectivity index is 1.01. The molecule has 0 unspecified atom stereocenters. The number of nitrogens with zero attached hydrogens (tertiary/aromatic N) is 1. The molecule has 0 bridgehead atoms. The highest BCUT2D eigenvalue weighted by molar-refractivity contribution is 7.25. The first-order valence-corrected chi connectivity index (χ1v) is 23.5. The average molecular weight is 856 g/mol. The van der Waals surface area contributed by atoms with Crippen molar-refractivity contribution in [3.63, 3.8) is 0 Å². The van der Waals surface area contributed by atoms with E-state index < -0.39 is 0 Å². The Morgan fingerprint density at radius 2 is 0.803 bits per heavy atom. The van der Waals surface area contributed by atoms with Crippen molar-refractivity contribution in [1.82, 2.24) is 0 Å². The SMILES string of the molecule is c1ccc(-c2c(-c3ccccc3)c3cc(-c4ccccc4N(c4ccc(-c5ccc6c(ccc7ccccc76)c5)cc4)c4ccc5sc6ccccc6c5c4)ccc3c3ccccc23)cc1. The van der Waals surface area contributed by atoms with E-state index in [9.17, 15) is 0 Å². The zero-order valence-corrected chi connectivity index (χ0v) is 36.8. The van der Waals surface area contributed by atoms with E-state index in [4.69, 9.17) is 0 Å². The van der Waals surface area contributed by atoms with Gasteiger partial charge in [-0.1, -0.05) is 194 Å². The molecule has 13 aromatic rings. The van der Waals surface area contributed by atoms with Crippen LogP contribution in [0.15, 0.2) is 249 Å². The monoisotopic (exact) mass is 855 g/mol. The first-order valence-electron chi connectivity index (χ1n) is 22.7. The molecule has 0 saturated heterocycles. The molecule has 66 heavy (non-hydrogen) atoms. The second-order valence-electron chi connectivity index (χ2n) is 17.2. The van der Waals surface area contributed by atoms with E-state index in [0.717, 1.165) is 28.2 Å². The maximum Gasteiger partial charge on any atom is 0.0540 e. The summed E-state index contributed by atoms with van der Waals surface area (Å²) in [5.74, 6) is 0. The number of benzene rings is 12. The summed E-state index contributed by atoms with van der Waals surface area (Å²) in [6.07, 6.45) is 0. The fourth-order valence-corrected chi connectivity index (χ4v) is 11.4. The summed E-state index contributed by atoms with van der Waals surface area (Å²) in [4.78, 5) is 2.45. The minimum atomic E-state index is 1.10. The van der Waals surface area contributed by atoms with Crippen molar-refractivity contribution in [3.8, 4) is 44.5 Å². The van der Waals surface area contributed by atoms with Crippen molar-refractivity contribution in [2.75, 3.05) is 4.90 Å². The van der Waals surface area contributed by atoms with Gasteiger partial charge in [0.05, 0.1) is 5.69 Å². The molecule has 1 nitrogen and oxygen atoms in total. The highest BCUT2D eigenvalue weighted by Gasteiger charge is 2.22. The normalized spacial score (nSPS) is 11.6. The molecular weight excluding hydrogens is 815 g/mol. The molecule has 0 fully saturated rings. The fraction of sp³-hybridized carbons (Fsp3) is 0. The Bertz CT molecular complexity index is 3980. The Morgan fingerprint density at radius 3 is 1.61 bits per heavy atom. The van der Waals surface area contributed by atoms with Gasteiger partial charge in [-0.25, -0.2) is 0 Å². The summed E-state index contributed by atoms with van der Waals surface area (Å²) in [5.41, 5.74) is 13.0. The predicted octanol–water partition coefficient (Wildman–Crippen LogP) is 18.8. The quantitative estimate of drug-likeness (QED) is 0.144. The third-order valence-electron chi connectivity index (χ3n) is 13.4. The van der Waals surface area contributed by atoms with Crippen LogP contribution in [0.25, 0.3) is 108 Å². The van der Waals surface area contributed by atoms with Crippen LogP contribution in [0.1, 0.15) is 0 Å². The number of hydrogen-bond acceptors (Lipinski definition) is 2. The average Bonchev–Trinajstić information content (AvgIpc) is 3.77. The molecule has 0 N–H and O–H groups in total. The molecule has 0 saturated carbocycles. The Morgan fingerprint density at radius 1 is 0.258 bits per heavy atom. The first kappa shape index (κ1) is 38.2. The van der Waals surface area contributed by atoms with Gasteiger partial charge in [0.1, 0.15) is 0 Å². The van der Waals surface area contributed by atoms with Gasteiger partial charge in [0.25, 0.3) is 0 Å². The Labute approximate surface area is 387 Å². The molecule has 0 aliphatic rings. The molecule has 308 valence electrons. The second-order valence-corrected chi connectivity index (χ2v) is 18.3. The molecule has 1 heterocycles. The standard InChI is InChI=1S/C64H41NS/c1-3-16-44(17-4-1)63-57-24-10-9-22-54(57)55-37-32-48(40-59(55)64(63)45-18-5-2-6-19-45)53-21-11-13-25-60(53)65(50-35-38-62-58(41-50)56-23-12-14-26-61(56)66-62)49-33-29-42(30-34-49)46-31-36-52-47(39-46)28-27-43-15-7-8-20-51(43)52/h1-41H. The summed E-state index contributed by atoms with van der Waals surface area (Å²) in [7, 11) is 0. The van der Waals surface area contributed by atoms with Crippen LogP contribution in [-0.4, -0.2) is 0 Å². The highest BCUT2D eigenvalue weighted by Crippen LogP contribution is 2.48. The van der Waals surface area contributed by atoms with E-state index in [1.165, 1.54) is 96.6 Å². The Hall–Kier alpha value is -8.30. The minimum Gasteiger partial charge on any atom is -0.310 e. The van der Waals surface area contributed by atoms with Gasteiger partial charge in [0.15, 0.2) is 0 Å². The lowest BCUT2D eigenvalue weighted by atomic mass is 9.84. The van der Waals surface area contributed by atoms with Crippen LogP contribution in [0.4, 0.5) is 17.1 Å². The van der Waals surface area contributed by atoms with Gasteiger partial charge in [-0.15, -0.1) is 11.3 Å². The summed E-state index contributed by atoms with van der Waals surface area (Å²) >= 11 is 1.86. The van der Waals surface area contributed by atoms with E-state index in [2.05, 4.69) is 254 Å². The lowest BCUT2D eigenvalue weighted by Crippen LogP contribution is -2.11.